The number of likely N-dealkylation sites (N-methyl/N-ethyl adjacent to an activating group) is 1. The van der Waals surface area contributed by atoms with E-state index >= 15 is 0 Å². The molecule has 0 aliphatic carbocycles. The van der Waals surface area contributed by atoms with Gasteiger partial charge in [0.2, 0.25) is 11.9 Å². The molecule has 1 aliphatic heterocycles. The quantitative estimate of drug-likeness (QED) is 0.614. The molecule has 1 aliphatic rings. The highest BCUT2D eigenvalue weighted by Gasteiger charge is 2.27. The fourth-order valence-electron chi connectivity index (χ4n) is 3.11. The number of likely N-dealkylation sites (tertiary alicyclic amines) is 1. The molecule has 164 valence electrons. The Balaban J connectivity index is 1.57. The number of carbonyl (C=O) groups is 2. The molecule has 2 heterocycles. The zero-order valence-corrected chi connectivity index (χ0v) is 18.8. The van der Waals surface area contributed by atoms with Crippen LogP contribution in [0.3, 0.4) is 0 Å². The Morgan fingerprint density at radius 1 is 1.26 bits per heavy atom. The number of nitrogens with one attached hydrogen (secondary N) is 2. The van der Waals surface area contributed by atoms with Crippen molar-refractivity contribution in [2.45, 2.75) is 12.5 Å². The lowest BCUT2D eigenvalue weighted by molar-refractivity contribution is -0.111. The third-order valence-electron chi connectivity index (χ3n) is 4.64. The molecule has 0 spiro atoms. The molecule has 2 N–H and O–H groups in total. The summed E-state index contributed by atoms with van der Waals surface area (Å²) in [4.78, 5) is 36.8. The first-order chi connectivity index (χ1) is 14.8. The van der Waals surface area contributed by atoms with Crippen molar-refractivity contribution in [3.63, 3.8) is 0 Å². The van der Waals surface area contributed by atoms with Crippen LogP contribution >= 0.6 is 23.2 Å². The minimum Gasteiger partial charge on any atom is -0.350 e. The molecule has 0 saturated carbocycles. The number of rotatable bonds is 7. The maximum absolute atomic E-state index is 12.9. The van der Waals surface area contributed by atoms with Crippen molar-refractivity contribution in [3.05, 3.63) is 58.4 Å². The van der Waals surface area contributed by atoms with E-state index in [1.54, 1.807) is 29.2 Å². The summed E-state index contributed by atoms with van der Waals surface area (Å²) in [7, 11) is 3.83. The van der Waals surface area contributed by atoms with E-state index in [0.717, 1.165) is 6.42 Å². The third-order valence-corrected chi connectivity index (χ3v) is 5.15. The summed E-state index contributed by atoms with van der Waals surface area (Å²) in [6.07, 6.45) is 7.04. The molecular weight excluding hydrogens is 439 g/mol. The van der Waals surface area contributed by atoms with E-state index in [2.05, 4.69) is 20.6 Å². The van der Waals surface area contributed by atoms with Gasteiger partial charge < -0.3 is 20.4 Å². The van der Waals surface area contributed by atoms with Crippen LogP contribution in [0.5, 0.6) is 0 Å². The lowest BCUT2D eigenvalue weighted by atomic mass is 10.1. The molecule has 3 rings (SSSR count). The Bertz CT molecular complexity index is 965. The zero-order chi connectivity index (χ0) is 22.4. The monoisotopic (exact) mass is 462 g/mol. The molecule has 1 saturated heterocycles. The Kier molecular flexibility index (Phi) is 7.84. The Morgan fingerprint density at radius 3 is 2.68 bits per heavy atom. The SMILES string of the molecule is CN(C)C/C=C/C(=O)Nc1ccc(C(=O)N2CC[C@@H](Nc3ncc(Cl)cn3)C2)cc1Cl. The van der Waals surface area contributed by atoms with Crippen molar-refractivity contribution < 1.29 is 9.59 Å². The van der Waals surface area contributed by atoms with Crippen LogP contribution in [-0.4, -0.2) is 71.4 Å². The summed E-state index contributed by atoms with van der Waals surface area (Å²) in [5.41, 5.74) is 0.924. The van der Waals surface area contributed by atoms with E-state index in [4.69, 9.17) is 23.2 Å². The number of benzene rings is 1. The highest BCUT2D eigenvalue weighted by atomic mass is 35.5. The van der Waals surface area contributed by atoms with Gasteiger partial charge in [0.15, 0.2) is 0 Å². The summed E-state index contributed by atoms with van der Waals surface area (Å²) in [6, 6.07) is 4.93. The van der Waals surface area contributed by atoms with E-state index in [0.29, 0.717) is 46.9 Å². The van der Waals surface area contributed by atoms with Gasteiger partial charge in [-0.15, -0.1) is 0 Å². The Labute approximate surface area is 191 Å². The predicted octanol–water partition coefficient (Wildman–Crippen LogP) is 3.17. The Hall–Kier alpha value is -2.68. The second-order valence-electron chi connectivity index (χ2n) is 7.45. The molecule has 0 bridgehead atoms. The number of nitrogens with zero attached hydrogens (tertiary/aromatic N) is 4. The smallest absolute Gasteiger partial charge is 0.253 e. The maximum Gasteiger partial charge on any atom is 0.253 e. The summed E-state index contributed by atoms with van der Waals surface area (Å²) >= 11 is 12.1. The van der Waals surface area contributed by atoms with Crippen molar-refractivity contribution >= 4 is 46.7 Å². The van der Waals surface area contributed by atoms with Crippen molar-refractivity contribution in [1.82, 2.24) is 19.8 Å². The van der Waals surface area contributed by atoms with Gasteiger partial charge in [-0.25, -0.2) is 9.97 Å². The minimum atomic E-state index is -0.277. The van der Waals surface area contributed by atoms with Gasteiger partial charge in [0, 0.05) is 37.3 Å². The minimum absolute atomic E-state index is 0.0492. The van der Waals surface area contributed by atoms with Crippen LogP contribution in [0.1, 0.15) is 16.8 Å². The van der Waals surface area contributed by atoms with E-state index in [1.807, 2.05) is 19.0 Å². The van der Waals surface area contributed by atoms with Gasteiger partial charge in [0.05, 0.1) is 28.1 Å². The molecule has 2 aromatic rings. The van der Waals surface area contributed by atoms with Crippen molar-refractivity contribution in [3.8, 4) is 0 Å². The number of hydrogen-bond donors (Lipinski definition) is 2. The lowest BCUT2D eigenvalue weighted by Gasteiger charge is -2.18. The molecular formula is C21H24Cl2N6O2. The van der Waals surface area contributed by atoms with Crippen LogP contribution in [0, 0.1) is 0 Å². The average Bonchev–Trinajstić information content (AvgIpc) is 3.19. The average molecular weight is 463 g/mol. The maximum atomic E-state index is 12.9. The van der Waals surface area contributed by atoms with Crippen molar-refractivity contribution in [2.75, 3.05) is 44.4 Å². The first-order valence-corrected chi connectivity index (χ1v) is 10.5. The van der Waals surface area contributed by atoms with Gasteiger partial charge in [0.1, 0.15) is 0 Å². The predicted molar refractivity (Wildman–Crippen MR) is 123 cm³/mol. The first kappa shape index (κ1) is 23.0. The second-order valence-corrected chi connectivity index (χ2v) is 8.30. The molecule has 1 atom stereocenters. The van der Waals surface area contributed by atoms with Gasteiger partial charge in [-0.3, -0.25) is 9.59 Å². The summed E-state index contributed by atoms with van der Waals surface area (Å²) in [5, 5.41) is 6.71. The fraction of sp³-hybridized carbons (Fsp3) is 0.333. The normalized spacial score (nSPS) is 16.2. The standard InChI is InChI=1S/C21H24Cl2N6O2/c1-28(2)8-3-4-19(30)27-18-6-5-14(10-17(18)23)20(31)29-9-7-16(13-29)26-21-24-11-15(22)12-25-21/h3-6,10-12,16H,7-9,13H2,1-2H3,(H,27,30)(H,24,25,26)/b4-3+/t16-/m1/s1. The van der Waals surface area contributed by atoms with Gasteiger partial charge in [-0.2, -0.15) is 0 Å². The lowest BCUT2D eigenvalue weighted by Crippen LogP contribution is -2.31. The molecule has 1 fully saturated rings. The van der Waals surface area contributed by atoms with Gasteiger partial charge in [0.25, 0.3) is 5.91 Å². The van der Waals surface area contributed by atoms with Crippen LogP contribution in [0.15, 0.2) is 42.7 Å². The van der Waals surface area contributed by atoms with E-state index in [-0.39, 0.29) is 17.9 Å². The second kappa shape index (κ2) is 10.6. The number of hydrogen-bond acceptors (Lipinski definition) is 6. The van der Waals surface area contributed by atoms with Gasteiger partial charge in [-0.1, -0.05) is 29.3 Å². The Morgan fingerprint density at radius 2 is 2.00 bits per heavy atom. The topological polar surface area (TPSA) is 90.5 Å². The number of anilines is 2. The highest BCUT2D eigenvalue weighted by Crippen LogP contribution is 2.25. The van der Waals surface area contributed by atoms with Crippen LogP contribution in [0.25, 0.3) is 0 Å². The molecule has 31 heavy (non-hydrogen) atoms. The van der Waals surface area contributed by atoms with Gasteiger partial charge in [-0.05, 0) is 38.7 Å². The van der Waals surface area contributed by atoms with Crippen LogP contribution in [0.2, 0.25) is 10.0 Å². The van der Waals surface area contributed by atoms with E-state index < -0.39 is 0 Å². The van der Waals surface area contributed by atoms with Gasteiger partial charge >= 0.3 is 0 Å². The number of amides is 2. The van der Waals surface area contributed by atoms with Crippen LogP contribution in [-0.2, 0) is 4.79 Å². The highest BCUT2D eigenvalue weighted by molar-refractivity contribution is 6.34. The van der Waals surface area contributed by atoms with Crippen molar-refractivity contribution in [1.29, 1.82) is 0 Å². The molecule has 1 aromatic heterocycles. The van der Waals surface area contributed by atoms with Crippen molar-refractivity contribution in [2.24, 2.45) is 0 Å². The molecule has 8 nitrogen and oxygen atoms in total. The number of halogens is 2. The summed E-state index contributed by atoms with van der Waals surface area (Å²) in [5.74, 6) is 0.0825. The van der Waals surface area contributed by atoms with Crippen LogP contribution in [0.4, 0.5) is 11.6 Å². The summed E-state index contributed by atoms with van der Waals surface area (Å²) in [6.45, 7) is 1.79. The number of carbonyl (C=O) groups excluding carboxylic acids is 2. The van der Waals surface area contributed by atoms with E-state index in [1.165, 1.54) is 18.5 Å². The molecule has 0 radical (unpaired) electrons. The largest absolute Gasteiger partial charge is 0.350 e. The zero-order valence-electron chi connectivity index (χ0n) is 17.3. The van der Waals surface area contributed by atoms with E-state index in [9.17, 15) is 9.59 Å². The third kappa shape index (κ3) is 6.65. The molecule has 0 unspecified atom stereocenters. The van der Waals surface area contributed by atoms with Crippen LogP contribution < -0.4 is 10.6 Å². The summed E-state index contributed by atoms with van der Waals surface area (Å²) < 4.78 is 0. The number of aromatic nitrogens is 2. The molecule has 10 heteroatoms. The molecule has 2 amide bonds. The fourth-order valence-corrected chi connectivity index (χ4v) is 3.43. The molecule has 1 aromatic carbocycles. The first-order valence-electron chi connectivity index (χ1n) is 9.77.